The highest BCUT2D eigenvalue weighted by molar-refractivity contribution is 5.73. The molecule has 20 heavy (non-hydrogen) atoms. The Hall–Kier alpha value is -1.75. The quantitative estimate of drug-likeness (QED) is 0.801. The van der Waals surface area contributed by atoms with Gasteiger partial charge in [-0.1, -0.05) is 31.9 Å². The van der Waals surface area contributed by atoms with E-state index >= 15 is 0 Å². The Morgan fingerprint density at radius 1 is 1.40 bits per heavy atom. The Labute approximate surface area is 118 Å². The topological polar surface area (TPSA) is 67.8 Å². The lowest BCUT2D eigenvalue weighted by Gasteiger charge is -2.22. The highest BCUT2D eigenvalue weighted by Gasteiger charge is 2.19. The number of rotatable bonds is 7. The lowest BCUT2D eigenvalue weighted by Crippen LogP contribution is -2.36. The zero-order valence-electron chi connectivity index (χ0n) is 11.7. The average molecular weight is 279 g/mol. The molecule has 0 bridgehead atoms. The summed E-state index contributed by atoms with van der Waals surface area (Å²) >= 11 is 0. The maximum absolute atomic E-state index is 11.2. The van der Waals surface area contributed by atoms with Crippen molar-refractivity contribution >= 4 is 5.97 Å². The van der Waals surface area contributed by atoms with Crippen LogP contribution in [0.1, 0.15) is 31.7 Å². The fourth-order valence-corrected chi connectivity index (χ4v) is 2.23. The van der Waals surface area contributed by atoms with E-state index in [1.54, 1.807) is 0 Å². The molecule has 1 aromatic carbocycles. The molecule has 5 heteroatoms. The minimum absolute atomic E-state index is 0.465. The SMILES string of the molecule is CCCC[C@H](NCc1cccc2c1OCCO2)C(=O)O. The molecule has 0 saturated heterocycles. The zero-order chi connectivity index (χ0) is 14.4. The maximum atomic E-state index is 11.2. The van der Waals surface area contributed by atoms with E-state index in [9.17, 15) is 9.90 Å². The van der Waals surface area contributed by atoms with Gasteiger partial charge < -0.3 is 19.9 Å². The molecular formula is C15H21NO4. The van der Waals surface area contributed by atoms with E-state index in [2.05, 4.69) is 12.2 Å². The largest absolute Gasteiger partial charge is 0.486 e. The van der Waals surface area contributed by atoms with Gasteiger partial charge in [0.2, 0.25) is 0 Å². The maximum Gasteiger partial charge on any atom is 0.320 e. The molecule has 1 aromatic rings. The van der Waals surface area contributed by atoms with E-state index in [1.165, 1.54) is 0 Å². The molecule has 2 N–H and O–H groups in total. The van der Waals surface area contributed by atoms with Crippen LogP contribution in [0.4, 0.5) is 0 Å². The third-order valence-corrected chi connectivity index (χ3v) is 3.33. The number of benzene rings is 1. The number of fused-ring (bicyclic) bond motifs is 1. The average Bonchev–Trinajstić information content (AvgIpc) is 2.47. The first-order valence-electron chi connectivity index (χ1n) is 7.06. The van der Waals surface area contributed by atoms with Crippen molar-refractivity contribution in [3.8, 4) is 11.5 Å². The molecule has 2 rings (SSSR count). The van der Waals surface area contributed by atoms with Gasteiger partial charge in [-0.2, -0.15) is 0 Å². The lowest BCUT2D eigenvalue weighted by atomic mass is 10.1. The summed E-state index contributed by atoms with van der Waals surface area (Å²) in [6, 6.07) is 5.17. The molecule has 0 aromatic heterocycles. The van der Waals surface area contributed by atoms with Crippen LogP contribution in [-0.4, -0.2) is 30.3 Å². The van der Waals surface area contributed by atoms with Crippen LogP contribution in [0.3, 0.4) is 0 Å². The Morgan fingerprint density at radius 2 is 2.20 bits per heavy atom. The number of carboxylic acid groups (broad SMARTS) is 1. The first kappa shape index (κ1) is 14.7. The minimum Gasteiger partial charge on any atom is -0.486 e. The lowest BCUT2D eigenvalue weighted by molar-refractivity contribution is -0.139. The summed E-state index contributed by atoms with van der Waals surface area (Å²) in [6.45, 7) is 3.60. The number of ether oxygens (including phenoxy) is 2. The summed E-state index contributed by atoms with van der Waals surface area (Å²) in [4.78, 5) is 11.2. The highest BCUT2D eigenvalue weighted by Crippen LogP contribution is 2.33. The van der Waals surface area contributed by atoms with Gasteiger partial charge in [0.05, 0.1) is 0 Å². The summed E-state index contributed by atoms with van der Waals surface area (Å²) in [6.07, 6.45) is 2.53. The van der Waals surface area contributed by atoms with Crippen molar-refractivity contribution in [2.45, 2.75) is 38.8 Å². The van der Waals surface area contributed by atoms with Crippen molar-refractivity contribution in [1.82, 2.24) is 5.32 Å². The van der Waals surface area contributed by atoms with E-state index in [-0.39, 0.29) is 0 Å². The third-order valence-electron chi connectivity index (χ3n) is 3.33. The molecule has 0 aliphatic carbocycles. The number of carboxylic acids is 1. The van der Waals surface area contributed by atoms with Crippen molar-refractivity contribution in [2.75, 3.05) is 13.2 Å². The van der Waals surface area contributed by atoms with Crippen LogP contribution >= 0.6 is 0 Å². The van der Waals surface area contributed by atoms with E-state index in [0.29, 0.717) is 26.2 Å². The number of hydrogen-bond acceptors (Lipinski definition) is 4. The summed E-state index contributed by atoms with van der Waals surface area (Å²) < 4.78 is 11.1. The number of nitrogens with one attached hydrogen (secondary N) is 1. The van der Waals surface area contributed by atoms with E-state index in [0.717, 1.165) is 29.9 Å². The van der Waals surface area contributed by atoms with Gasteiger partial charge in [0.25, 0.3) is 0 Å². The van der Waals surface area contributed by atoms with Gasteiger partial charge in [0.1, 0.15) is 19.3 Å². The Bertz CT molecular complexity index is 461. The fourth-order valence-electron chi connectivity index (χ4n) is 2.23. The molecule has 0 radical (unpaired) electrons. The van der Waals surface area contributed by atoms with Crippen LogP contribution in [0.5, 0.6) is 11.5 Å². The molecule has 0 saturated carbocycles. The number of aliphatic carboxylic acids is 1. The molecule has 1 atom stereocenters. The molecule has 0 unspecified atom stereocenters. The standard InChI is InChI=1S/C15H21NO4/c1-2-3-6-12(15(17)18)16-10-11-5-4-7-13-14(11)20-9-8-19-13/h4-5,7,12,16H,2-3,6,8-10H2,1H3,(H,17,18)/t12-/m0/s1. The van der Waals surface area contributed by atoms with Crippen molar-refractivity contribution in [3.63, 3.8) is 0 Å². The van der Waals surface area contributed by atoms with Gasteiger partial charge in [-0.05, 0) is 12.5 Å². The number of carbonyl (C=O) groups is 1. The molecule has 110 valence electrons. The monoisotopic (exact) mass is 279 g/mol. The molecular weight excluding hydrogens is 258 g/mol. The van der Waals surface area contributed by atoms with Gasteiger partial charge in [-0.25, -0.2) is 0 Å². The van der Waals surface area contributed by atoms with Crippen molar-refractivity contribution < 1.29 is 19.4 Å². The van der Waals surface area contributed by atoms with E-state index in [1.807, 2.05) is 18.2 Å². The zero-order valence-corrected chi connectivity index (χ0v) is 11.7. The smallest absolute Gasteiger partial charge is 0.320 e. The summed E-state index contributed by atoms with van der Waals surface area (Å²) in [7, 11) is 0. The molecule has 1 heterocycles. The highest BCUT2D eigenvalue weighted by atomic mass is 16.6. The molecule has 0 amide bonds. The van der Waals surface area contributed by atoms with Crippen molar-refractivity contribution in [1.29, 1.82) is 0 Å². The Morgan fingerprint density at radius 3 is 2.95 bits per heavy atom. The van der Waals surface area contributed by atoms with E-state index in [4.69, 9.17) is 9.47 Å². The second-order valence-corrected chi connectivity index (χ2v) is 4.86. The number of para-hydroxylation sites is 1. The summed E-state index contributed by atoms with van der Waals surface area (Å²) in [5.41, 5.74) is 0.935. The van der Waals surface area contributed by atoms with Gasteiger partial charge >= 0.3 is 5.97 Å². The minimum atomic E-state index is -0.805. The van der Waals surface area contributed by atoms with Crippen molar-refractivity contribution in [3.05, 3.63) is 23.8 Å². The number of hydrogen-bond donors (Lipinski definition) is 2. The van der Waals surface area contributed by atoms with Crippen LogP contribution in [0, 0.1) is 0 Å². The number of unbranched alkanes of at least 4 members (excludes halogenated alkanes) is 1. The van der Waals surface area contributed by atoms with E-state index < -0.39 is 12.0 Å². The normalized spacial score (nSPS) is 14.8. The molecule has 5 nitrogen and oxygen atoms in total. The molecule has 1 aliphatic rings. The first-order chi connectivity index (χ1) is 9.72. The fraction of sp³-hybridized carbons (Fsp3) is 0.533. The van der Waals surface area contributed by atoms with Gasteiger partial charge in [0, 0.05) is 12.1 Å². The predicted molar refractivity (Wildman–Crippen MR) is 75.2 cm³/mol. The first-order valence-corrected chi connectivity index (χ1v) is 7.06. The van der Waals surface area contributed by atoms with Gasteiger partial charge in [-0.3, -0.25) is 4.79 Å². The second-order valence-electron chi connectivity index (χ2n) is 4.86. The van der Waals surface area contributed by atoms with Gasteiger partial charge in [0.15, 0.2) is 11.5 Å². The van der Waals surface area contributed by atoms with Gasteiger partial charge in [-0.15, -0.1) is 0 Å². The van der Waals surface area contributed by atoms with Crippen LogP contribution < -0.4 is 14.8 Å². The third kappa shape index (κ3) is 3.63. The summed E-state index contributed by atoms with van der Waals surface area (Å²) in [5, 5.41) is 12.3. The molecule has 1 aliphatic heterocycles. The van der Waals surface area contributed by atoms with Crippen LogP contribution in [0.25, 0.3) is 0 Å². The predicted octanol–water partition coefficient (Wildman–Crippen LogP) is 2.19. The second kappa shape index (κ2) is 7.14. The molecule has 0 spiro atoms. The Kier molecular flexibility index (Phi) is 5.24. The van der Waals surface area contributed by atoms with Crippen LogP contribution in [-0.2, 0) is 11.3 Å². The Balaban J connectivity index is 2.00. The van der Waals surface area contributed by atoms with Crippen molar-refractivity contribution in [2.24, 2.45) is 0 Å². The summed E-state index contributed by atoms with van der Waals surface area (Å²) in [5.74, 6) is 0.655. The molecule has 0 fully saturated rings. The van der Waals surface area contributed by atoms with Crippen LogP contribution in [0.15, 0.2) is 18.2 Å². The van der Waals surface area contributed by atoms with Crippen LogP contribution in [0.2, 0.25) is 0 Å².